The summed E-state index contributed by atoms with van der Waals surface area (Å²) in [6.45, 7) is 2.48. The SMILES string of the molecule is Cc1cc([N+](=O)[O-])cnc1NCCc1cnc[nH]1. The van der Waals surface area contributed by atoms with Gasteiger partial charge >= 0.3 is 0 Å². The standard InChI is InChI=1S/C11H13N5O2/c1-8-4-10(16(17)18)6-14-11(8)13-3-2-9-5-12-7-15-9/h4-7H,2-3H2,1H3,(H,12,15)(H,13,14). The summed E-state index contributed by atoms with van der Waals surface area (Å²) in [5, 5.41) is 13.7. The van der Waals surface area contributed by atoms with Crippen molar-refractivity contribution >= 4 is 11.5 Å². The number of aromatic nitrogens is 3. The lowest BCUT2D eigenvalue weighted by Crippen LogP contribution is -2.08. The maximum Gasteiger partial charge on any atom is 0.287 e. The smallest absolute Gasteiger partial charge is 0.287 e. The van der Waals surface area contributed by atoms with Crippen molar-refractivity contribution in [3.05, 3.63) is 46.2 Å². The molecule has 7 nitrogen and oxygen atoms in total. The number of H-pyrrole nitrogens is 1. The third kappa shape index (κ3) is 2.82. The molecule has 0 unspecified atom stereocenters. The zero-order chi connectivity index (χ0) is 13.0. The number of anilines is 1. The normalized spacial score (nSPS) is 10.3. The Balaban J connectivity index is 1.95. The molecule has 2 aromatic heterocycles. The van der Waals surface area contributed by atoms with E-state index >= 15 is 0 Å². The minimum atomic E-state index is -0.450. The van der Waals surface area contributed by atoms with Gasteiger partial charge in [0.05, 0.1) is 11.3 Å². The molecular weight excluding hydrogens is 234 g/mol. The minimum Gasteiger partial charge on any atom is -0.369 e. The van der Waals surface area contributed by atoms with Crippen LogP contribution in [0.1, 0.15) is 11.3 Å². The van der Waals surface area contributed by atoms with E-state index in [1.807, 2.05) is 0 Å². The number of nitrogens with zero attached hydrogens (tertiary/aromatic N) is 3. The fourth-order valence-corrected chi connectivity index (χ4v) is 1.58. The molecule has 0 bridgehead atoms. The van der Waals surface area contributed by atoms with Crippen LogP contribution in [0.4, 0.5) is 11.5 Å². The predicted octanol–water partition coefficient (Wildman–Crippen LogP) is 1.68. The monoisotopic (exact) mass is 247 g/mol. The first-order valence-electron chi connectivity index (χ1n) is 5.49. The van der Waals surface area contributed by atoms with Crippen LogP contribution in [-0.2, 0) is 6.42 Å². The molecule has 0 atom stereocenters. The number of hydrogen-bond acceptors (Lipinski definition) is 5. The Kier molecular flexibility index (Phi) is 3.52. The van der Waals surface area contributed by atoms with Crippen molar-refractivity contribution in [2.45, 2.75) is 13.3 Å². The van der Waals surface area contributed by atoms with Crippen molar-refractivity contribution in [1.82, 2.24) is 15.0 Å². The first kappa shape index (κ1) is 12.0. The number of pyridine rings is 1. The Morgan fingerprint density at radius 3 is 2.94 bits per heavy atom. The molecule has 0 radical (unpaired) electrons. The molecule has 0 aliphatic heterocycles. The Hall–Kier alpha value is -2.44. The van der Waals surface area contributed by atoms with E-state index in [0.29, 0.717) is 12.4 Å². The van der Waals surface area contributed by atoms with Crippen LogP contribution in [0.25, 0.3) is 0 Å². The third-order valence-electron chi connectivity index (χ3n) is 2.52. The molecule has 0 amide bonds. The summed E-state index contributed by atoms with van der Waals surface area (Å²) < 4.78 is 0. The van der Waals surface area contributed by atoms with Gasteiger partial charge in [-0.25, -0.2) is 9.97 Å². The van der Waals surface area contributed by atoms with E-state index in [2.05, 4.69) is 20.3 Å². The van der Waals surface area contributed by atoms with E-state index in [1.54, 1.807) is 19.4 Å². The number of nitrogens with one attached hydrogen (secondary N) is 2. The van der Waals surface area contributed by atoms with Crippen LogP contribution in [0.15, 0.2) is 24.8 Å². The number of imidazole rings is 1. The molecule has 0 fully saturated rings. The van der Waals surface area contributed by atoms with Gasteiger partial charge < -0.3 is 10.3 Å². The molecule has 0 aromatic carbocycles. The summed E-state index contributed by atoms with van der Waals surface area (Å²) in [6, 6.07) is 1.51. The van der Waals surface area contributed by atoms with Crippen LogP contribution >= 0.6 is 0 Å². The zero-order valence-electron chi connectivity index (χ0n) is 9.88. The molecule has 2 rings (SSSR count). The molecule has 0 saturated carbocycles. The van der Waals surface area contributed by atoms with Crippen molar-refractivity contribution in [2.24, 2.45) is 0 Å². The van der Waals surface area contributed by atoms with E-state index in [-0.39, 0.29) is 5.69 Å². The molecule has 2 heterocycles. The minimum absolute atomic E-state index is 0.00613. The van der Waals surface area contributed by atoms with Crippen LogP contribution in [0, 0.1) is 17.0 Å². The topological polar surface area (TPSA) is 96.7 Å². The summed E-state index contributed by atoms with van der Waals surface area (Å²) >= 11 is 0. The summed E-state index contributed by atoms with van der Waals surface area (Å²) in [5.41, 5.74) is 1.79. The number of hydrogen-bond donors (Lipinski definition) is 2. The number of nitro groups is 1. The molecule has 94 valence electrons. The van der Waals surface area contributed by atoms with Crippen molar-refractivity contribution < 1.29 is 4.92 Å². The molecule has 0 spiro atoms. The Labute approximate surface area is 103 Å². The second-order valence-corrected chi connectivity index (χ2v) is 3.87. The molecule has 0 aliphatic rings. The lowest BCUT2D eigenvalue weighted by Gasteiger charge is -2.07. The average molecular weight is 247 g/mol. The van der Waals surface area contributed by atoms with Crippen LogP contribution in [0.3, 0.4) is 0 Å². The number of rotatable bonds is 5. The molecule has 2 N–H and O–H groups in total. The van der Waals surface area contributed by atoms with E-state index in [1.165, 1.54) is 12.3 Å². The van der Waals surface area contributed by atoms with Crippen LogP contribution in [-0.4, -0.2) is 26.4 Å². The van der Waals surface area contributed by atoms with E-state index < -0.39 is 4.92 Å². The predicted molar refractivity (Wildman–Crippen MR) is 66.4 cm³/mol. The third-order valence-corrected chi connectivity index (χ3v) is 2.52. The summed E-state index contributed by atoms with van der Waals surface area (Å²) in [4.78, 5) is 21.1. The second kappa shape index (κ2) is 5.26. The van der Waals surface area contributed by atoms with Gasteiger partial charge in [0.1, 0.15) is 12.0 Å². The molecule has 2 aromatic rings. The van der Waals surface area contributed by atoms with Crippen molar-refractivity contribution in [1.29, 1.82) is 0 Å². The molecule has 7 heteroatoms. The van der Waals surface area contributed by atoms with Crippen LogP contribution < -0.4 is 5.32 Å². The first-order chi connectivity index (χ1) is 8.66. The fraction of sp³-hybridized carbons (Fsp3) is 0.273. The number of aryl methyl sites for hydroxylation is 1. The van der Waals surface area contributed by atoms with Gasteiger partial charge in [-0.2, -0.15) is 0 Å². The molecule has 0 saturated heterocycles. The van der Waals surface area contributed by atoms with Crippen LogP contribution in [0.2, 0.25) is 0 Å². The highest BCUT2D eigenvalue weighted by molar-refractivity contribution is 5.48. The average Bonchev–Trinajstić information content (AvgIpc) is 2.84. The highest BCUT2D eigenvalue weighted by Gasteiger charge is 2.08. The van der Waals surface area contributed by atoms with Crippen LogP contribution in [0.5, 0.6) is 0 Å². The fourth-order valence-electron chi connectivity index (χ4n) is 1.58. The molecule has 18 heavy (non-hydrogen) atoms. The van der Waals surface area contributed by atoms with Gasteiger partial charge in [-0.15, -0.1) is 0 Å². The van der Waals surface area contributed by atoms with Gasteiger partial charge in [0.25, 0.3) is 5.69 Å². The summed E-state index contributed by atoms with van der Waals surface area (Å²) in [5.74, 6) is 0.667. The quantitative estimate of drug-likeness (QED) is 0.618. The van der Waals surface area contributed by atoms with Gasteiger partial charge in [-0.3, -0.25) is 10.1 Å². The highest BCUT2D eigenvalue weighted by Crippen LogP contribution is 2.17. The van der Waals surface area contributed by atoms with E-state index in [0.717, 1.165) is 17.7 Å². The lowest BCUT2D eigenvalue weighted by atomic mass is 10.2. The lowest BCUT2D eigenvalue weighted by molar-refractivity contribution is -0.385. The maximum absolute atomic E-state index is 10.6. The number of aromatic amines is 1. The Morgan fingerprint density at radius 1 is 1.50 bits per heavy atom. The van der Waals surface area contributed by atoms with Gasteiger partial charge in [0.2, 0.25) is 0 Å². The van der Waals surface area contributed by atoms with E-state index in [9.17, 15) is 10.1 Å². The molecule has 0 aliphatic carbocycles. The van der Waals surface area contributed by atoms with Gasteiger partial charge in [-0.05, 0) is 12.5 Å². The second-order valence-electron chi connectivity index (χ2n) is 3.87. The Morgan fingerprint density at radius 2 is 2.33 bits per heavy atom. The molecular formula is C11H13N5O2. The van der Waals surface area contributed by atoms with Gasteiger partial charge in [0.15, 0.2) is 0 Å². The van der Waals surface area contributed by atoms with Crippen molar-refractivity contribution in [2.75, 3.05) is 11.9 Å². The van der Waals surface area contributed by atoms with Crippen molar-refractivity contribution in [3.63, 3.8) is 0 Å². The van der Waals surface area contributed by atoms with Crippen molar-refractivity contribution in [3.8, 4) is 0 Å². The highest BCUT2D eigenvalue weighted by atomic mass is 16.6. The maximum atomic E-state index is 10.6. The van der Waals surface area contributed by atoms with Gasteiger partial charge in [-0.1, -0.05) is 0 Å². The Bertz CT molecular complexity index is 538. The van der Waals surface area contributed by atoms with Gasteiger partial charge in [0, 0.05) is 30.9 Å². The summed E-state index contributed by atoms with van der Waals surface area (Å²) in [6.07, 6.45) is 5.44. The van der Waals surface area contributed by atoms with E-state index in [4.69, 9.17) is 0 Å². The largest absolute Gasteiger partial charge is 0.369 e. The zero-order valence-corrected chi connectivity index (χ0v) is 9.88. The first-order valence-corrected chi connectivity index (χ1v) is 5.49. The summed E-state index contributed by atoms with van der Waals surface area (Å²) in [7, 11) is 0.